The SMILES string of the molecule is CCOC(=O)[C@H]1C[C@@H]2C[C@H]([C@@H]1N)C2(C)C.Cl. The topological polar surface area (TPSA) is 52.3 Å². The van der Waals surface area contributed by atoms with Crippen LogP contribution in [0.15, 0.2) is 0 Å². The molecule has 3 aliphatic carbocycles. The predicted molar refractivity (Wildman–Crippen MR) is 65.3 cm³/mol. The van der Waals surface area contributed by atoms with Gasteiger partial charge in [-0.1, -0.05) is 13.8 Å². The number of halogens is 1. The second-order valence-corrected chi connectivity index (χ2v) is 5.53. The molecule has 94 valence electrons. The second-order valence-electron chi connectivity index (χ2n) is 5.53. The zero-order valence-corrected chi connectivity index (χ0v) is 11.0. The minimum atomic E-state index is -0.0878. The standard InChI is InChI=1S/C12H21NO2.ClH/c1-4-15-11(14)8-5-7-6-9(10(8)13)12(7,2)3;/h7-10H,4-6,13H2,1-3H3;1H/t7-,8+,9-,10-;/m1./s1. The van der Waals surface area contributed by atoms with E-state index in [1.54, 1.807) is 0 Å². The van der Waals surface area contributed by atoms with Gasteiger partial charge in [0.25, 0.3) is 0 Å². The van der Waals surface area contributed by atoms with Crippen LogP contribution in [-0.2, 0) is 9.53 Å². The van der Waals surface area contributed by atoms with Gasteiger partial charge in [0.1, 0.15) is 0 Å². The monoisotopic (exact) mass is 247 g/mol. The van der Waals surface area contributed by atoms with Crippen molar-refractivity contribution in [1.29, 1.82) is 0 Å². The summed E-state index contributed by atoms with van der Waals surface area (Å²) in [4.78, 5) is 11.7. The number of hydrogen-bond donors (Lipinski definition) is 1. The number of ether oxygens (including phenoxy) is 1. The Hall–Kier alpha value is -0.280. The molecule has 0 aromatic rings. The van der Waals surface area contributed by atoms with Gasteiger partial charge in [0.2, 0.25) is 0 Å². The Morgan fingerprint density at radius 1 is 1.44 bits per heavy atom. The highest BCUT2D eigenvalue weighted by atomic mass is 35.5. The van der Waals surface area contributed by atoms with Gasteiger partial charge in [0.15, 0.2) is 0 Å². The quantitative estimate of drug-likeness (QED) is 0.760. The van der Waals surface area contributed by atoms with E-state index in [0.717, 1.165) is 6.42 Å². The van der Waals surface area contributed by atoms with Crippen LogP contribution in [0.5, 0.6) is 0 Å². The molecule has 0 spiro atoms. The molecule has 3 nitrogen and oxygen atoms in total. The number of rotatable bonds is 2. The van der Waals surface area contributed by atoms with Crippen molar-refractivity contribution in [3.05, 3.63) is 0 Å². The summed E-state index contributed by atoms with van der Waals surface area (Å²) >= 11 is 0. The van der Waals surface area contributed by atoms with Crippen LogP contribution in [-0.4, -0.2) is 18.6 Å². The average molecular weight is 248 g/mol. The lowest BCUT2D eigenvalue weighted by atomic mass is 9.45. The molecule has 0 aromatic heterocycles. The van der Waals surface area contributed by atoms with E-state index in [9.17, 15) is 4.79 Å². The third-order valence-electron chi connectivity index (χ3n) is 4.60. The Morgan fingerprint density at radius 3 is 2.50 bits per heavy atom. The Balaban J connectivity index is 0.00000128. The van der Waals surface area contributed by atoms with Gasteiger partial charge in [0.05, 0.1) is 12.5 Å². The third-order valence-corrected chi connectivity index (χ3v) is 4.60. The first-order chi connectivity index (χ1) is 6.98. The Labute approximate surface area is 104 Å². The van der Waals surface area contributed by atoms with Gasteiger partial charge < -0.3 is 10.5 Å². The lowest BCUT2D eigenvalue weighted by molar-refractivity contribution is -0.164. The van der Waals surface area contributed by atoms with Crippen LogP contribution in [0.1, 0.15) is 33.6 Å². The second kappa shape index (κ2) is 4.53. The molecule has 4 atom stereocenters. The van der Waals surface area contributed by atoms with Gasteiger partial charge in [-0.25, -0.2) is 0 Å². The van der Waals surface area contributed by atoms with E-state index < -0.39 is 0 Å². The molecule has 3 saturated carbocycles. The lowest BCUT2D eigenvalue weighted by Gasteiger charge is -2.61. The summed E-state index contributed by atoms with van der Waals surface area (Å²) in [5.74, 6) is 1.03. The summed E-state index contributed by atoms with van der Waals surface area (Å²) in [5.41, 5.74) is 6.50. The highest BCUT2D eigenvalue weighted by molar-refractivity contribution is 5.85. The first-order valence-corrected chi connectivity index (χ1v) is 5.90. The molecule has 2 bridgehead atoms. The summed E-state index contributed by atoms with van der Waals surface area (Å²) in [6.45, 7) is 6.85. The molecule has 2 N–H and O–H groups in total. The number of hydrogen-bond acceptors (Lipinski definition) is 3. The highest BCUT2D eigenvalue weighted by Crippen LogP contribution is 2.60. The van der Waals surface area contributed by atoms with Crippen LogP contribution in [0.2, 0.25) is 0 Å². The maximum atomic E-state index is 11.7. The maximum Gasteiger partial charge on any atom is 0.310 e. The fraction of sp³-hybridized carbons (Fsp3) is 0.917. The van der Waals surface area contributed by atoms with E-state index in [1.165, 1.54) is 6.42 Å². The highest BCUT2D eigenvalue weighted by Gasteiger charge is 2.58. The molecule has 4 heteroatoms. The van der Waals surface area contributed by atoms with Crippen molar-refractivity contribution in [3.63, 3.8) is 0 Å². The molecular formula is C12H22ClNO2. The minimum absolute atomic E-state index is 0. The van der Waals surface area contributed by atoms with Crippen molar-refractivity contribution in [1.82, 2.24) is 0 Å². The van der Waals surface area contributed by atoms with Gasteiger partial charge in [-0.3, -0.25) is 4.79 Å². The smallest absolute Gasteiger partial charge is 0.310 e. The lowest BCUT2D eigenvalue weighted by Crippen LogP contribution is -2.62. The van der Waals surface area contributed by atoms with Crippen molar-refractivity contribution in [2.75, 3.05) is 6.61 Å². The van der Waals surface area contributed by atoms with Crippen LogP contribution in [0.25, 0.3) is 0 Å². The number of nitrogens with two attached hydrogens (primary N) is 1. The number of carbonyl (C=O) groups excluding carboxylic acids is 1. The minimum Gasteiger partial charge on any atom is -0.466 e. The molecule has 0 aromatic carbocycles. The normalized spacial score (nSPS) is 39.2. The molecule has 0 unspecified atom stereocenters. The molecule has 0 aliphatic heterocycles. The van der Waals surface area contributed by atoms with E-state index in [1.807, 2.05) is 6.92 Å². The van der Waals surface area contributed by atoms with Crippen LogP contribution >= 0.6 is 12.4 Å². The van der Waals surface area contributed by atoms with Crippen molar-refractivity contribution < 1.29 is 9.53 Å². The summed E-state index contributed by atoms with van der Waals surface area (Å²) in [7, 11) is 0. The van der Waals surface area contributed by atoms with Crippen molar-refractivity contribution in [3.8, 4) is 0 Å². The van der Waals surface area contributed by atoms with Crippen molar-refractivity contribution >= 4 is 18.4 Å². The molecule has 3 fully saturated rings. The van der Waals surface area contributed by atoms with Crippen LogP contribution < -0.4 is 5.73 Å². The molecular weight excluding hydrogens is 226 g/mol. The number of fused-ring (bicyclic) bond motifs is 2. The summed E-state index contributed by atoms with van der Waals surface area (Å²) < 4.78 is 5.07. The van der Waals surface area contributed by atoms with Gasteiger partial charge >= 0.3 is 5.97 Å². The average Bonchev–Trinajstić information content (AvgIpc) is 2.17. The van der Waals surface area contributed by atoms with Gasteiger partial charge in [-0.2, -0.15) is 0 Å². The summed E-state index contributed by atoms with van der Waals surface area (Å²) in [6.07, 6.45) is 2.12. The van der Waals surface area contributed by atoms with E-state index >= 15 is 0 Å². The fourth-order valence-corrected chi connectivity index (χ4v) is 3.36. The summed E-state index contributed by atoms with van der Waals surface area (Å²) in [6, 6.07) is 0.00375. The molecule has 0 saturated heterocycles. The molecule has 16 heavy (non-hydrogen) atoms. The zero-order valence-electron chi connectivity index (χ0n) is 10.2. The fourth-order valence-electron chi connectivity index (χ4n) is 3.36. The van der Waals surface area contributed by atoms with E-state index in [4.69, 9.17) is 10.5 Å². The van der Waals surface area contributed by atoms with Crippen molar-refractivity contribution in [2.24, 2.45) is 28.9 Å². The molecule has 0 amide bonds. The molecule has 3 aliphatic rings. The summed E-state index contributed by atoms with van der Waals surface area (Å²) in [5, 5.41) is 0. The molecule has 0 heterocycles. The van der Waals surface area contributed by atoms with Crippen LogP contribution in [0.3, 0.4) is 0 Å². The van der Waals surface area contributed by atoms with Gasteiger partial charge in [-0.05, 0) is 37.0 Å². The van der Waals surface area contributed by atoms with Crippen LogP contribution in [0.4, 0.5) is 0 Å². The van der Waals surface area contributed by atoms with Crippen molar-refractivity contribution in [2.45, 2.75) is 39.7 Å². The predicted octanol–water partition coefficient (Wildman–Crippen LogP) is 1.98. The van der Waals surface area contributed by atoms with Gasteiger partial charge in [-0.15, -0.1) is 12.4 Å². The van der Waals surface area contributed by atoms with E-state index in [2.05, 4.69) is 13.8 Å². The Bertz CT molecular complexity index is 280. The zero-order chi connectivity index (χ0) is 11.2. The van der Waals surface area contributed by atoms with E-state index in [-0.39, 0.29) is 30.3 Å². The molecule has 3 rings (SSSR count). The first-order valence-electron chi connectivity index (χ1n) is 5.90. The largest absolute Gasteiger partial charge is 0.466 e. The Morgan fingerprint density at radius 2 is 2.06 bits per heavy atom. The molecule has 0 radical (unpaired) electrons. The number of esters is 1. The first kappa shape index (κ1) is 13.8. The van der Waals surface area contributed by atoms with Gasteiger partial charge in [0, 0.05) is 6.04 Å². The number of carbonyl (C=O) groups is 1. The van der Waals surface area contributed by atoms with Crippen LogP contribution in [0, 0.1) is 23.2 Å². The third kappa shape index (κ3) is 1.84. The Kier molecular flexibility index (Phi) is 3.91. The van der Waals surface area contributed by atoms with E-state index in [0.29, 0.717) is 23.9 Å². The maximum absolute atomic E-state index is 11.7.